The van der Waals surface area contributed by atoms with Gasteiger partial charge in [-0.2, -0.15) is 11.8 Å². The first-order chi connectivity index (χ1) is 8.81. The van der Waals surface area contributed by atoms with Crippen LogP contribution in [0, 0.1) is 5.92 Å². The third-order valence-corrected chi connectivity index (χ3v) is 5.47. The van der Waals surface area contributed by atoms with Crippen molar-refractivity contribution in [3.63, 3.8) is 0 Å². The van der Waals surface area contributed by atoms with Crippen molar-refractivity contribution < 1.29 is 4.42 Å². The molecule has 1 N–H and O–H groups in total. The number of thioether (sulfide) groups is 1. The maximum atomic E-state index is 5.65. The standard InChI is InChI=1S/C11H12BrN3OS2/c12-9-2-1-8(18-9)11-15-14-10(16-11)6-17-5-7-3-13-4-7/h1-2,7,13H,3-6H2. The summed E-state index contributed by atoms with van der Waals surface area (Å²) in [5, 5.41) is 11.4. The number of rotatable bonds is 5. The Hall–Kier alpha value is -0.370. The summed E-state index contributed by atoms with van der Waals surface area (Å²) in [5.74, 6) is 4.11. The Labute approximate surface area is 122 Å². The zero-order chi connectivity index (χ0) is 12.4. The van der Waals surface area contributed by atoms with Crippen molar-refractivity contribution in [1.82, 2.24) is 15.5 Å². The summed E-state index contributed by atoms with van der Waals surface area (Å²) in [6.07, 6.45) is 0. The summed E-state index contributed by atoms with van der Waals surface area (Å²) in [5.41, 5.74) is 0. The van der Waals surface area contributed by atoms with Gasteiger partial charge in [0.1, 0.15) is 0 Å². The second-order valence-corrected chi connectivity index (χ2v) is 7.64. The van der Waals surface area contributed by atoms with Crippen LogP contribution in [0.25, 0.3) is 10.8 Å². The van der Waals surface area contributed by atoms with Crippen LogP contribution in [0.3, 0.4) is 0 Å². The van der Waals surface area contributed by atoms with Crippen molar-refractivity contribution in [2.45, 2.75) is 5.75 Å². The van der Waals surface area contributed by atoms with E-state index in [4.69, 9.17) is 4.42 Å². The van der Waals surface area contributed by atoms with Gasteiger partial charge in [0.05, 0.1) is 14.4 Å². The molecular weight excluding hydrogens is 334 g/mol. The van der Waals surface area contributed by atoms with Gasteiger partial charge in [0.15, 0.2) is 0 Å². The largest absolute Gasteiger partial charge is 0.419 e. The van der Waals surface area contributed by atoms with Crippen LogP contribution in [0.2, 0.25) is 0 Å². The molecule has 1 aliphatic heterocycles. The third-order valence-electron chi connectivity index (χ3n) is 2.70. The summed E-state index contributed by atoms with van der Waals surface area (Å²) < 4.78 is 6.72. The average molecular weight is 346 g/mol. The number of hydrogen-bond donors (Lipinski definition) is 1. The van der Waals surface area contributed by atoms with Crippen LogP contribution in [0.1, 0.15) is 5.89 Å². The number of hydrogen-bond acceptors (Lipinski definition) is 6. The van der Waals surface area contributed by atoms with E-state index in [-0.39, 0.29) is 0 Å². The van der Waals surface area contributed by atoms with E-state index in [0.717, 1.165) is 39.2 Å². The Kier molecular flexibility index (Phi) is 4.03. The second-order valence-electron chi connectivity index (χ2n) is 4.14. The first-order valence-corrected chi connectivity index (χ1v) is 8.44. The highest BCUT2D eigenvalue weighted by Gasteiger charge is 2.17. The highest BCUT2D eigenvalue weighted by atomic mass is 79.9. The first-order valence-electron chi connectivity index (χ1n) is 5.68. The minimum absolute atomic E-state index is 0.617. The predicted octanol–water partition coefficient (Wildman–Crippen LogP) is 3.01. The van der Waals surface area contributed by atoms with E-state index in [2.05, 4.69) is 31.4 Å². The van der Waals surface area contributed by atoms with Gasteiger partial charge in [0.25, 0.3) is 5.89 Å². The maximum Gasteiger partial charge on any atom is 0.257 e. The average Bonchev–Trinajstić information content (AvgIpc) is 2.90. The van der Waals surface area contributed by atoms with E-state index in [0.29, 0.717) is 11.8 Å². The molecule has 0 atom stereocenters. The van der Waals surface area contributed by atoms with Crippen LogP contribution in [0.4, 0.5) is 0 Å². The Balaban J connectivity index is 1.55. The summed E-state index contributed by atoms with van der Waals surface area (Å²) in [4.78, 5) is 1.01. The molecule has 0 bridgehead atoms. The Morgan fingerprint density at radius 3 is 3.00 bits per heavy atom. The molecule has 0 aromatic carbocycles. The predicted molar refractivity (Wildman–Crippen MR) is 77.8 cm³/mol. The van der Waals surface area contributed by atoms with Crippen molar-refractivity contribution in [2.75, 3.05) is 18.8 Å². The smallest absolute Gasteiger partial charge is 0.257 e. The lowest BCUT2D eigenvalue weighted by Gasteiger charge is -2.26. The van der Waals surface area contributed by atoms with Crippen molar-refractivity contribution in [2.24, 2.45) is 5.92 Å². The molecule has 0 aliphatic carbocycles. The first kappa shape index (κ1) is 12.7. The molecule has 18 heavy (non-hydrogen) atoms. The summed E-state index contributed by atoms with van der Waals surface area (Å²) in [6.45, 7) is 2.29. The Morgan fingerprint density at radius 2 is 2.33 bits per heavy atom. The topological polar surface area (TPSA) is 51.0 Å². The zero-order valence-corrected chi connectivity index (χ0v) is 12.8. The number of nitrogens with one attached hydrogen (secondary N) is 1. The van der Waals surface area contributed by atoms with Gasteiger partial charge in [-0.15, -0.1) is 21.5 Å². The van der Waals surface area contributed by atoms with E-state index in [1.807, 2.05) is 23.9 Å². The minimum Gasteiger partial charge on any atom is -0.419 e. The lowest BCUT2D eigenvalue weighted by molar-refractivity contribution is 0.385. The van der Waals surface area contributed by atoms with Crippen molar-refractivity contribution in [3.05, 3.63) is 21.8 Å². The molecule has 0 amide bonds. The minimum atomic E-state index is 0.617. The van der Waals surface area contributed by atoms with Gasteiger partial charge < -0.3 is 9.73 Å². The molecule has 3 heterocycles. The fourth-order valence-electron chi connectivity index (χ4n) is 1.62. The van der Waals surface area contributed by atoms with Gasteiger partial charge in [0, 0.05) is 0 Å². The molecular formula is C11H12BrN3OS2. The molecule has 96 valence electrons. The van der Waals surface area contributed by atoms with Gasteiger partial charge in [-0.05, 0) is 52.8 Å². The zero-order valence-electron chi connectivity index (χ0n) is 9.56. The Morgan fingerprint density at radius 1 is 1.44 bits per heavy atom. The third kappa shape index (κ3) is 2.96. The van der Waals surface area contributed by atoms with Gasteiger partial charge in [0.2, 0.25) is 5.89 Å². The number of nitrogens with zero attached hydrogens (tertiary/aromatic N) is 2. The van der Waals surface area contributed by atoms with Gasteiger partial charge in [-0.3, -0.25) is 0 Å². The summed E-state index contributed by atoms with van der Waals surface area (Å²) >= 11 is 6.89. The highest BCUT2D eigenvalue weighted by molar-refractivity contribution is 9.11. The molecule has 4 nitrogen and oxygen atoms in total. The molecule has 2 aromatic rings. The molecule has 3 rings (SSSR count). The van der Waals surface area contributed by atoms with Gasteiger partial charge in [-0.1, -0.05) is 0 Å². The molecule has 1 aliphatic rings. The summed E-state index contributed by atoms with van der Waals surface area (Å²) in [6, 6.07) is 3.97. The summed E-state index contributed by atoms with van der Waals surface area (Å²) in [7, 11) is 0. The molecule has 0 radical (unpaired) electrons. The maximum absolute atomic E-state index is 5.65. The SMILES string of the molecule is Brc1ccc(-c2nnc(CSCC3CNC3)o2)s1. The van der Waals surface area contributed by atoms with Crippen LogP contribution >= 0.6 is 39.0 Å². The van der Waals surface area contributed by atoms with Crippen LogP contribution in [0.5, 0.6) is 0 Å². The van der Waals surface area contributed by atoms with E-state index in [1.165, 1.54) is 0 Å². The quantitative estimate of drug-likeness (QED) is 0.902. The number of thiophene rings is 1. The molecule has 1 saturated heterocycles. The van der Waals surface area contributed by atoms with Crippen LogP contribution in [0.15, 0.2) is 20.3 Å². The highest BCUT2D eigenvalue weighted by Crippen LogP contribution is 2.30. The van der Waals surface area contributed by atoms with Crippen molar-refractivity contribution >= 4 is 39.0 Å². The second kappa shape index (κ2) is 5.73. The normalized spacial score (nSPS) is 15.8. The molecule has 1 fully saturated rings. The van der Waals surface area contributed by atoms with Gasteiger partial charge >= 0.3 is 0 Å². The van der Waals surface area contributed by atoms with Gasteiger partial charge in [-0.25, -0.2) is 0 Å². The van der Waals surface area contributed by atoms with E-state index >= 15 is 0 Å². The molecule has 0 saturated carbocycles. The van der Waals surface area contributed by atoms with Crippen LogP contribution < -0.4 is 5.32 Å². The molecule has 0 spiro atoms. The lowest BCUT2D eigenvalue weighted by Crippen LogP contribution is -2.43. The van der Waals surface area contributed by atoms with Crippen LogP contribution in [-0.2, 0) is 5.75 Å². The molecule has 7 heteroatoms. The van der Waals surface area contributed by atoms with E-state index in [1.54, 1.807) is 11.3 Å². The monoisotopic (exact) mass is 345 g/mol. The molecule has 0 unspecified atom stereocenters. The Bertz CT molecular complexity index is 524. The van der Waals surface area contributed by atoms with E-state index in [9.17, 15) is 0 Å². The van der Waals surface area contributed by atoms with Crippen molar-refractivity contribution in [3.8, 4) is 10.8 Å². The lowest BCUT2D eigenvalue weighted by atomic mass is 10.1. The van der Waals surface area contributed by atoms with E-state index < -0.39 is 0 Å². The van der Waals surface area contributed by atoms with Crippen LogP contribution in [-0.4, -0.2) is 29.0 Å². The van der Waals surface area contributed by atoms with Crippen molar-refractivity contribution in [1.29, 1.82) is 0 Å². The number of halogens is 1. The number of aromatic nitrogens is 2. The molecule has 2 aromatic heterocycles. The fraction of sp³-hybridized carbons (Fsp3) is 0.455. The fourth-order valence-corrected chi connectivity index (χ4v) is 3.91.